The molecular formula is C6H15AlO4Si. The molecule has 0 bridgehead atoms. The third-order valence-electron chi connectivity index (χ3n) is 0.963. The quantitative estimate of drug-likeness (QED) is 0.550. The van der Waals surface area contributed by atoms with Crippen LogP contribution in [-0.4, -0.2) is 46.2 Å². The molecule has 4 nitrogen and oxygen atoms in total. The van der Waals surface area contributed by atoms with Gasteiger partial charge in [0.15, 0.2) is 0 Å². The Morgan fingerprint density at radius 1 is 0.917 bits per heavy atom. The molecule has 0 amide bonds. The van der Waals surface area contributed by atoms with Crippen LogP contribution in [0.25, 0.3) is 0 Å². The van der Waals surface area contributed by atoms with Crippen LogP contribution in [0.3, 0.4) is 0 Å². The monoisotopic (exact) mass is 206 g/mol. The minimum Gasteiger partial charge on any atom is -0.793 e. The van der Waals surface area contributed by atoms with Gasteiger partial charge in [0.25, 0.3) is 0 Å². The van der Waals surface area contributed by atoms with Crippen LogP contribution in [0.5, 0.6) is 0 Å². The average Bonchev–Trinajstić information content (AvgIpc) is 1.88. The molecule has 0 aromatic carbocycles. The van der Waals surface area contributed by atoms with Crippen molar-refractivity contribution >= 4 is 26.4 Å². The van der Waals surface area contributed by atoms with E-state index in [1.54, 1.807) is 20.8 Å². The Hall–Kier alpha value is 0.589. The predicted molar refractivity (Wildman–Crippen MR) is 46.4 cm³/mol. The molecule has 0 saturated carbocycles. The van der Waals surface area contributed by atoms with Gasteiger partial charge in [-0.2, -0.15) is 0 Å². The van der Waals surface area contributed by atoms with E-state index in [4.69, 9.17) is 13.3 Å². The first-order valence-corrected chi connectivity index (χ1v) is 5.44. The van der Waals surface area contributed by atoms with Gasteiger partial charge in [0.2, 0.25) is 0 Å². The van der Waals surface area contributed by atoms with Crippen LogP contribution in [0.4, 0.5) is 0 Å². The van der Waals surface area contributed by atoms with Gasteiger partial charge < -0.3 is 18.1 Å². The molecular weight excluding hydrogens is 191 g/mol. The van der Waals surface area contributed by atoms with Crippen molar-refractivity contribution in [3.63, 3.8) is 0 Å². The SMILES string of the molecule is CCO[Si]([O-])(OCC)OCC.[Al+]. The Kier molecular flexibility index (Phi) is 10.3. The molecule has 0 atom stereocenters. The third kappa shape index (κ3) is 6.14. The first kappa shape index (κ1) is 15.1. The molecule has 0 heterocycles. The van der Waals surface area contributed by atoms with Gasteiger partial charge in [-0.25, -0.2) is 0 Å². The maximum Gasteiger partial charge on any atom is 1.00 e. The van der Waals surface area contributed by atoms with E-state index in [0.29, 0.717) is 19.8 Å². The zero-order valence-corrected chi connectivity index (χ0v) is 9.99. The molecule has 12 heavy (non-hydrogen) atoms. The standard InChI is InChI=1S/C6H15O4Si.Al/c1-4-8-11(7,9-5-2)10-6-3;/h4-6H2,1-3H3;/q-1;+1. The van der Waals surface area contributed by atoms with Gasteiger partial charge in [-0.1, -0.05) is 0 Å². The van der Waals surface area contributed by atoms with Crippen LogP contribution in [-0.2, 0) is 13.3 Å². The maximum absolute atomic E-state index is 11.4. The molecule has 0 aromatic heterocycles. The van der Waals surface area contributed by atoms with E-state index >= 15 is 0 Å². The van der Waals surface area contributed by atoms with E-state index < -0.39 is 9.05 Å². The number of hydrogen-bond donors (Lipinski definition) is 0. The summed E-state index contributed by atoms with van der Waals surface area (Å²) in [5.41, 5.74) is 0. The summed E-state index contributed by atoms with van der Waals surface area (Å²) < 4.78 is 14.5. The summed E-state index contributed by atoms with van der Waals surface area (Å²) in [4.78, 5) is 11.4. The van der Waals surface area contributed by atoms with Crippen molar-refractivity contribution in [1.29, 1.82) is 0 Å². The molecule has 0 rings (SSSR count). The van der Waals surface area contributed by atoms with Gasteiger partial charge in [0, 0.05) is 19.8 Å². The zero-order valence-electron chi connectivity index (χ0n) is 7.83. The van der Waals surface area contributed by atoms with Gasteiger partial charge in [-0.3, -0.25) is 0 Å². The summed E-state index contributed by atoms with van der Waals surface area (Å²) >= 11 is 0. The van der Waals surface area contributed by atoms with Crippen LogP contribution in [0.15, 0.2) is 0 Å². The molecule has 0 aliphatic heterocycles. The molecule has 0 spiro atoms. The molecule has 70 valence electrons. The molecule has 2 radical (unpaired) electrons. The van der Waals surface area contributed by atoms with Gasteiger partial charge in [-0.05, 0) is 20.8 Å². The minimum atomic E-state index is -3.50. The summed E-state index contributed by atoms with van der Waals surface area (Å²) in [6, 6.07) is 0. The van der Waals surface area contributed by atoms with Gasteiger partial charge in [-0.15, -0.1) is 0 Å². The Bertz CT molecular complexity index is 86.5. The maximum atomic E-state index is 11.4. The molecule has 0 unspecified atom stereocenters. The first-order chi connectivity index (χ1) is 5.18. The van der Waals surface area contributed by atoms with Crippen LogP contribution in [0.1, 0.15) is 20.8 Å². The summed E-state index contributed by atoms with van der Waals surface area (Å²) in [6.45, 7) is 6.27. The van der Waals surface area contributed by atoms with E-state index in [0.717, 1.165) is 0 Å². The Labute approximate surface area is 85.4 Å². The molecule has 0 N–H and O–H groups in total. The van der Waals surface area contributed by atoms with Gasteiger partial charge in [0.1, 0.15) is 0 Å². The van der Waals surface area contributed by atoms with E-state index in [2.05, 4.69) is 0 Å². The average molecular weight is 206 g/mol. The van der Waals surface area contributed by atoms with E-state index in [9.17, 15) is 4.80 Å². The fraction of sp³-hybridized carbons (Fsp3) is 1.00. The van der Waals surface area contributed by atoms with Crippen molar-refractivity contribution in [3.8, 4) is 0 Å². The summed E-state index contributed by atoms with van der Waals surface area (Å²) in [5.74, 6) is 0. The zero-order chi connectivity index (χ0) is 8.74. The largest absolute Gasteiger partial charge is 1.00 e. The molecule has 0 aromatic rings. The van der Waals surface area contributed by atoms with Crippen LogP contribution in [0, 0.1) is 0 Å². The van der Waals surface area contributed by atoms with Crippen LogP contribution in [0.2, 0.25) is 0 Å². The van der Waals surface area contributed by atoms with E-state index in [1.165, 1.54) is 0 Å². The smallest absolute Gasteiger partial charge is 0.793 e. The second-order valence-corrected chi connectivity index (χ2v) is 3.67. The number of hydrogen-bond acceptors (Lipinski definition) is 4. The third-order valence-corrected chi connectivity index (χ3v) is 2.89. The molecule has 0 aliphatic rings. The van der Waals surface area contributed by atoms with Crippen LogP contribution < -0.4 is 4.80 Å². The second-order valence-electron chi connectivity index (χ2n) is 1.80. The van der Waals surface area contributed by atoms with Gasteiger partial charge in [0.05, 0.1) is 0 Å². The van der Waals surface area contributed by atoms with E-state index in [1.807, 2.05) is 0 Å². The van der Waals surface area contributed by atoms with Crippen molar-refractivity contribution in [3.05, 3.63) is 0 Å². The minimum absolute atomic E-state index is 0. The summed E-state index contributed by atoms with van der Waals surface area (Å²) in [6.07, 6.45) is 0. The normalized spacial score (nSPS) is 11.0. The second kappa shape index (κ2) is 8.20. The molecule has 0 fully saturated rings. The summed E-state index contributed by atoms with van der Waals surface area (Å²) in [5, 5.41) is 0. The fourth-order valence-corrected chi connectivity index (χ4v) is 1.97. The van der Waals surface area contributed by atoms with E-state index in [-0.39, 0.29) is 17.4 Å². The molecule has 0 saturated heterocycles. The molecule has 0 aliphatic carbocycles. The van der Waals surface area contributed by atoms with Crippen molar-refractivity contribution in [2.75, 3.05) is 19.8 Å². The first-order valence-electron chi connectivity index (χ1n) is 3.80. The van der Waals surface area contributed by atoms with Crippen LogP contribution >= 0.6 is 0 Å². The predicted octanol–water partition coefficient (Wildman–Crippen LogP) is -0.489. The van der Waals surface area contributed by atoms with Crippen molar-refractivity contribution in [1.82, 2.24) is 0 Å². The fourth-order valence-electron chi connectivity index (χ4n) is 0.655. The molecule has 6 heteroatoms. The summed E-state index contributed by atoms with van der Waals surface area (Å²) in [7, 11) is -3.50. The van der Waals surface area contributed by atoms with Crippen molar-refractivity contribution in [2.45, 2.75) is 20.8 Å². The number of rotatable bonds is 6. The van der Waals surface area contributed by atoms with Crippen molar-refractivity contribution < 1.29 is 18.1 Å². The Balaban J connectivity index is 0. The Morgan fingerprint density at radius 2 is 1.17 bits per heavy atom. The Morgan fingerprint density at radius 3 is 1.33 bits per heavy atom. The van der Waals surface area contributed by atoms with Gasteiger partial charge >= 0.3 is 26.4 Å². The topological polar surface area (TPSA) is 50.8 Å². The van der Waals surface area contributed by atoms with Crippen molar-refractivity contribution in [2.24, 2.45) is 0 Å².